The number of nitrogens with two attached hydrogens (primary N) is 1. The molecule has 1 aromatic rings. The molecule has 0 aromatic heterocycles. The van der Waals surface area contributed by atoms with Gasteiger partial charge >= 0.3 is 5.97 Å². The van der Waals surface area contributed by atoms with Gasteiger partial charge in [-0.1, -0.05) is 32.1 Å². The lowest BCUT2D eigenvalue weighted by Crippen LogP contribution is -2.54. The number of rotatable bonds is 12. The Morgan fingerprint density at radius 1 is 1.11 bits per heavy atom. The third-order valence-electron chi connectivity index (χ3n) is 7.19. The number of nitrogens with one attached hydrogen (secondary N) is 2. The Morgan fingerprint density at radius 2 is 1.83 bits per heavy atom. The number of carbonyl (C=O) groups is 2. The smallest absolute Gasteiger partial charge is 0.319 e. The van der Waals surface area contributed by atoms with Crippen LogP contribution in [0, 0.1) is 11.3 Å². The normalized spacial score (nSPS) is 19.7. The quantitative estimate of drug-likeness (QED) is 0.236. The van der Waals surface area contributed by atoms with Crippen LogP contribution in [-0.4, -0.2) is 61.0 Å². The molecule has 8 heteroatoms. The lowest BCUT2D eigenvalue weighted by molar-refractivity contribution is -0.143. The molecule has 3 rings (SSSR count). The highest BCUT2D eigenvalue weighted by molar-refractivity contribution is 5.94. The van der Waals surface area contributed by atoms with Gasteiger partial charge in [-0.25, -0.2) is 0 Å². The maximum Gasteiger partial charge on any atom is 0.319 e. The van der Waals surface area contributed by atoms with Crippen LogP contribution in [0.1, 0.15) is 76.7 Å². The summed E-state index contributed by atoms with van der Waals surface area (Å²) >= 11 is 0. The molecule has 0 spiro atoms. The first-order valence-electron chi connectivity index (χ1n) is 13.2. The number of benzene rings is 1. The Labute approximate surface area is 209 Å². The molecule has 1 aliphatic carbocycles. The molecular formula is C27H42N4O4. The highest BCUT2D eigenvalue weighted by atomic mass is 16.5. The van der Waals surface area contributed by atoms with Crippen LogP contribution < -0.4 is 15.8 Å². The highest BCUT2D eigenvalue weighted by Crippen LogP contribution is 2.29. The minimum absolute atomic E-state index is 0.0345. The number of hydrogen-bond acceptors (Lipinski definition) is 6. The van der Waals surface area contributed by atoms with E-state index in [1.54, 1.807) is 19.1 Å². The average Bonchev–Trinajstić information content (AvgIpc) is 2.87. The summed E-state index contributed by atoms with van der Waals surface area (Å²) in [5.41, 5.74) is 6.18. The van der Waals surface area contributed by atoms with E-state index < -0.39 is 0 Å². The molecule has 8 nitrogen and oxygen atoms in total. The molecule has 0 bridgehead atoms. The molecule has 0 unspecified atom stereocenters. The van der Waals surface area contributed by atoms with Crippen molar-refractivity contribution in [3.8, 4) is 5.75 Å². The third kappa shape index (κ3) is 8.53. The van der Waals surface area contributed by atoms with E-state index in [1.165, 1.54) is 19.3 Å². The van der Waals surface area contributed by atoms with Crippen molar-refractivity contribution in [2.45, 2.75) is 83.2 Å². The first kappa shape index (κ1) is 27.0. The highest BCUT2D eigenvalue weighted by Gasteiger charge is 2.33. The fraction of sp³-hybridized carbons (Fsp3) is 0.667. The fourth-order valence-corrected chi connectivity index (χ4v) is 5.28. The maximum absolute atomic E-state index is 13.7. The SMILES string of the molecule is CCOC(=O)CN[C@H](CC1CCCCC1)C(=O)N1CCCC[C@@H]1CCOc1ccc(C(=N)N)cc1. The van der Waals surface area contributed by atoms with Gasteiger partial charge in [0.15, 0.2) is 0 Å². The molecule has 1 aromatic carbocycles. The molecule has 1 heterocycles. The number of hydrogen-bond donors (Lipinski definition) is 3. The lowest BCUT2D eigenvalue weighted by atomic mass is 9.84. The summed E-state index contributed by atoms with van der Waals surface area (Å²) in [7, 11) is 0. The summed E-state index contributed by atoms with van der Waals surface area (Å²) in [5.74, 6) is 1.09. The number of amidine groups is 1. The summed E-state index contributed by atoms with van der Waals surface area (Å²) in [6.45, 7) is 3.46. The minimum Gasteiger partial charge on any atom is -0.494 e. The number of likely N-dealkylation sites (tertiary alicyclic amines) is 1. The standard InChI is InChI=1S/C27H42N4O4/c1-2-34-25(32)19-30-24(18-20-8-4-3-5-9-20)27(33)31-16-7-6-10-22(31)15-17-35-23-13-11-21(12-14-23)26(28)29/h11-14,20,22,24,30H,2-10,15-19H2,1H3,(H3,28,29)/t22-,24-/m1/s1. The molecule has 35 heavy (non-hydrogen) atoms. The van der Waals surface area contributed by atoms with Crippen LogP contribution in [0.25, 0.3) is 0 Å². The van der Waals surface area contributed by atoms with Crippen LogP contribution in [0.3, 0.4) is 0 Å². The van der Waals surface area contributed by atoms with Crippen LogP contribution in [0.4, 0.5) is 0 Å². The van der Waals surface area contributed by atoms with Crippen molar-refractivity contribution in [3.05, 3.63) is 29.8 Å². The van der Waals surface area contributed by atoms with Crippen LogP contribution >= 0.6 is 0 Å². The topological polar surface area (TPSA) is 118 Å². The second-order valence-electron chi connectivity index (χ2n) is 9.73. The second-order valence-corrected chi connectivity index (χ2v) is 9.73. The molecule has 1 saturated carbocycles. The van der Waals surface area contributed by atoms with E-state index in [2.05, 4.69) is 5.32 Å². The van der Waals surface area contributed by atoms with E-state index in [-0.39, 0.29) is 36.3 Å². The van der Waals surface area contributed by atoms with Crippen molar-refractivity contribution in [3.63, 3.8) is 0 Å². The van der Waals surface area contributed by atoms with Gasteiger partial charge in [0.1, 0.15) is 11.6 Å². The molecule has 194 valence electrons. The van der Waals surface area contributed by atoms with Crippen LogP contribution in [0.5, 0.6) is 5.75 Å². The molecule has 1 amide bonds. The summed E-state index contributed by atoms with van der Waals surface area (Å²) in [6, 6.07) is 6.97. The molecule has 1 aliphatic heterocycles. The van der Waals surface area contributed by atoms with E-state index in [9.17, 15) is 9.59 Å². The maximum atomic E-state index is 13.7. The summed E-state index contributed by atoms with van der Waals surface area (Å²) in [4.78, 5) is 27.7. The third-order valence-corrected chi connectivity index (χ3v) is 7.19. The van der Waals surface area contributed by atoms with E-state index in [4.69, 9.17) is 20.6 Å². The molecule has 4 N–H and O–H groups in total. The number of nitrogens with zero attached hydrogens (tertiary/aromatic N) is 1. The predicted molar refractivity (Wildman–Crippen MR) is 137 cm³/mol. The van der Waals surface area contributed by atoms with Gasteiger partial charge in [0.25, 0.3) is 0 Å². The largest absolute Gasteiger partial charge is 0.494 e. The van der Waals surface area contributed by atoms with Crippen LogP contribution in [-0.2, 0) is 14.3 Å². The summed E-state index contributed by atoms with van der Waals surface area (Å²) in [5, 5.41) is 10.7. The molecule has 2 fully saturated rings. The number of esters is 1. The molecule has 1 saturated heterocycles. The monoisotopic (exact) mass is 486 g/mol. The fourth-order valence-electron chi connectivity index (χ4n) is 5.28. The predicted octanol–water partition coefficient (Wildman–Crippen LogP) is 3.61. The van der Waals surface area contributed by atoms with Gasteiger partial charge in [-0.15, -0.1) is 0 Å². The first-order valence-corrected chi connectivity index (χ1v) is 13.2. The lowest BCUT2D eigenvalue weighted by Gasteiger charge is -2.39. The van der Waals surface area contributed by atoms with Crippen LogP contribution in [0.15, 0.2) is 24.3 Å². The zero-order valence-corrected chi connectivity index (χ0v) is 21.1. The van der Waals surface area contributed by atoms with Crippen molar-refractivity contribution < 1.29 is 19.1 Å². The van der Waals surface area contributed by atoms with Gasteiger partial charge in [0, 0.05) is 24.6 Å². The number of carbonyl (C=O) groups excluding carboxylic acids is 2. The Bertz CT molecular complexity index is 823. The zero-order chi connectivity index (χ0) is 25.0. The molecule has 2 atom stereocenters. The zero-order valence-electron chi connectivity index (χ0n) is 21.1. The van der Waals surface area contributed by atoms with Gasteiger partial charge in [-0.05, 0) is 62.8 Å². The summed E-state index contributed by atoms with van der Waals surface area (Å²) in [6.07, 6.45) is 10.6. The van der Waals surface area contributed by atoms with Crippen molar-refractivity contribution in [1.29, 1.82) is 5.41 Å². The van der Waals surface area contributed by atoms with Gasteiger partial charge in [0.2, 0.25) is 5.91 Å². The Morgan fingerprint density at radius 3 is 2.51 bits per heavy atom. The van der Waals surface area contributed by atoms with E-state index in [0.29, 0.717) is 24.7 Å². The minimum atomic E-state index is -0.358. The van der Waals surface area contributed by atoms with Gasteiger partial charge < -0.3 is 20.1 Å². The van der Waals surface area contributed by atoms with E-state index >= 15 is 0 Å². The molecule has 2 aliphatic rings. The second kappa shape index (κ2) is 14.1. The van der Waals surface area contributed by atoms with Gasteiger partial charge in [-0.2, -0.15) is 0 Å². The number of amides is 1. The number of nitrogen functional groups attached to an aromatic ring is 1. The summed E-state index contributed by atoms with van der Waals surface area (Å²) < 4.78 is 11.0. The van der Waals surface area contributed by atoms with Gasteiger partial charge in [-0.3, -0.25) is 20.3 Å². The van der Waals surface area contributed by atoms with E-state index in [1.807, 2.05) is 17.0 Å². The molecule has 0 radical (unpaired) electrons. The number of piperidine rings is 1. The Kier molecular flexibility index (Phi) is 10.8. The Hall–Kier alpha value is -2.61. The van der Waals surface area contributed by atoms with Gasteiger partial charge in [0.05, 0.1) is 25.8 Å². The average molecular weight is 487 g/mol. The van der Waals surface area contributed by atoms with Crippen molar-refractivity contribution in [2.75, 3.05) is 26.3 Å². The first-order chi connectivity index (χ1) is 17.0. The van der Waals surface area contributed by atoms with Crippen molar-refractivity contribution in [1.82, 2.24) is 10.2 Å². The number of ether oxygens (including phenoxy) is 2. The van der Waals surface area contributed by atoms with Crippen LogP contribution in [0.2, 0.25) is 0 Å². The molecular weight excluding hydrogens is 444 g/mol. The van der Waals surface area contributed by atoms with Crippen molar-refractivity contribution in [2.24, 2.45) is 11.7 Å². The Balaban J connectivity index is 1.59. The van der Waals surface area contributed by atoms with E-state index in [0.717, 1.165) is 57.2 Å². The van der Waals surface area contributed by atoms with Crippen molar-refractivity contribution >= 4 is 17.7 Å².